The molecule has 6 nitrogen and oxygen atoms in total. The number of nitriles is 1. The van der Waals surface area contributed by atoms with Crippen molar-refractivity contribution in [3.63, 3.8) is 0 Å². The van der Waals surface area contributed by atoms with E-state index in [1.165, 1.54) is 4.90 Å². The van der Waals surface area contributed by atoms with E-state index in [-0.39, 0.29) is 13.1 Å². The second-order valence-corrected chi connectivity index (χ2v) is 7.95. The molecular formula is C18H22BrN3O3. The summed E-state index contributed by atoms with van der Waals surface area (Å²) in [4.78, 5) is 17.0. The number of nitrogens with one attached hydrogen (secondary N) is 1. The van der Waals surface area contributed by atoms with E-state index < -0.39 is 17.8 Å². The first kappa shape index (κ1) is 19.3. The van der Waals surface area contributed by atoms with E-state index in [4.69, 9.17) is 4.74 Å². The average Bonchev–Trinajstić information content (AvgIpc) is 2.85. The van der Waals surface area contributed by atoms with Gasteiger partial charge in [0, 0.05) is 15.6 Å². The molecule has 0 saturated heterocycles. The quantitative estimate of drug-likeness (QED) is 0.803. The molecule has 0 saturated carbocycles. The van der Waals surface area contributed by atoms with Crippen LogP contribution in [0.2, 0.25) is 0 Å². The topological polar surface area (TPSA) is 89.4 Å². The summed E-state index contributed by atoms with van der Waals surface area (Å²) in [6, 6.07) is 7.69. The van der Waals surface area contributed by atoms with Crippen LogP contribution in [0.5, 0.6) is 0 Å². The van der Waals surface area contributed by atoms with E-state index in [1.807, 2.05) is 12.1 Å². The van der Waals surface area contributed by atoms with E-state index in [2.05, 4.69) is 27.0 Å². The van der Waals surface area contributed by atoms with Crippen molar-refractivity contribution in [1.29, 1.82) is 5.26 Å². The highest BCUT2D eigenvalue weighted by Gasteiger charge is 2.24. The summed E-state index contributed by atoms with van der Waals surface area (Å²) in [6.07, 6.45) is -1.17. The highest BCUT2D eigenvalue weighted by molar-refractivity contribution is 9.10. The van der Waals surface area contributed by atoms with Crippen LogP contribution in [0.3, 0.4) is 0 Å². The predicted octanol–water partition coefficient (Wildman–Crippen LogP) is 3.92. The summed E-state index contributed by atoms with van der Waals surface area (Å²) >= 11 is 3.39. The molecule has 0 aliphatic rings. The van der Waals surface area contributed by atoms with Crippen LogP contribution >= 0.6 is 15.9 Å². The van der Waals surface area contributed by atoms with Gasteiger partial charge in [-0.15, -0.1) is 0 Å². The van der Waals surface area contributed by atoms with Crippen LogP contribution in [0.4, 0.5) is 4.79 Å². The summed E-state index contributed by atoms with van der Waals surface area (Å²) in [5.41, 5.74) is 1.39. The lowest BCUT2D eigenvalue weighted by molar-refractivity contribution is 0.0140. The number of benzene rings is 1. The first-order valence-corrected chi connectivity index (χ1v) is 8.75. The van der Waals surface area contributed by atoms with E-state index >= 15 is 0 Å². The molecule has 0 aliphatic heterocycles. The predicted molar refractivity (Wildman–Crippen MR) is 99.0 cm³/mol. The van der Waals surface area contributed by atoms with Crippen molar-refractivity contribution < 1.29 is 14.6 Å². The molecule has 1 heterocycles. The fraction of sp³-hybridized carbons (Fsp3) is 0.444. The number of aromatic amines is 1. The standard InChI is InChI=1S/C18H22BrN3O3/c1-11(23)9-22(17(24)25-18(2,3)4)10-15-7-12-5-14(19)6-13(8-20)16(12)21-15/h5-7,11,21,23H,9-10H2,1-4H3. The molecule has 2 aromatic rings. The number of ether oxygens (including phenoxy) is 1. The first-order chi connectivity index (χ1) is 11.6. The summed E-state index contributed by atoms with van der Waals surface area (Å²) in [5.74, 6) is 0. The Hall–Kier alpha value is -2.04. The molecule has 0 spiro atoms. The Morgan fingerprint density at radius 1 is 1.44 bits per heavy atom. The van der Waals surface area contributed by atoms with Gasteiger partial charge in [0.25, 0.3) is 0 Å². The minimum Gasteiger partial charge on any atom is -0.444 e. The van der Waals surface area contributed by atoms with E-state index in [0.717, 1.165) is 21.1 Å². The minimum absolute atomic E-state index is 0.152. The Morgan fingerprint density at radius 3 is 2.68 bits per heavy atom. The molecule has 25 heavy (non-hydrogen) atoms. The number of nitrogens with zero attached hydrogens (tertiary/aromatic N) is 2. The number of hydrogen-bond acceptors (Lipinski definition) is 4. The maximum atomic E-state index is 12.4. The maximum absolute atomic E-state index is 12.4. The fourth-order valence-corrected chi connectivity index (χ4v) is 2.97. The third-order valence-electron chi connectivity index (χ3n) is 3.37. The lowest BCUT2D eigenvalue weighted by Crippen LogP contribution is -2.40. The number of amides is 1. The third kappa shape index (κ3) is 5.21. The molecule has 2 N–H and O–H groups in total. The highest BCUT2D eigenvalue weighted by atomic mass is 79.9. The number of aliphatic hydroxyl groups is 1. The van der Waals surface area contributed by atoms with Crippen molar-refractivity contribution in [3.8, 4) is 6.07 Å². The summed E-state index contributed by atoms with van der Waals surface area (Å²) < 4.78 is 6.23. The van der Waals surface area contributed by atoms with Gasteiger partial charge >= 0.3 is 6.09 Å². The number of carbonyl (C=O) groups is 1. The van der Waals surface area contributed by atoms with Crippen molar-refractivity contribution in [2.75, 3.05) is 6.54 Å². The Kier molecular flexibility index (Phi) is 5.76. The molecule has 7 heteroatoms. The molecule has 1 atom stereocenters. The van der Waals surface area contributed by atoms with Gasteiger partial charge in [-0.05, 0) is 45.9 Å². The second-order valence-electron chi connectivity index (χ2n) is 7.03. The Bertz CT molecular complexity index is 815. The van der Waals surface area contributed by atoms with Gasteiger partial charge in [-0.3, -0.25) is 4.90 Å². The van der Waals surface area contributed by atoms with Crippen molar-refractivity contribution in [2.45, 2.75) is 45.9 Å². The monoisotopic (exact) mass is 407 g/mol. The lowest BCUT2D eigenvalue weighted by Gasteiger charge is -2.28. The zero-order chi connectivity index (χ0) is 18.8. The van der Waals surface area contributed by atoms with Crippen LogP contribution in [0, 0.1) is 11.3 Å². The van der Waals surface area contributed by atoms with Gasteiger partial charge in [0.05, 0.1) is 30.3 Å². The van der Waals surface area contributed by atoms with E-state index in [1.54, 1.807) is 33.8 Å². The summed E-state index contributed by atoms with van der Waals surface area (Å²) in [5, 5.41) is 19.9. The van der Waals surface area contributed by atoms with Crippen LogP contribution in [0.15, 0.2) is 22.7 Å². The largest absolute Gasteiger partial charge is 0.444 e. The van der Waals surface area contributed by atoms with Gasteiger partial charge in [-0.25, -0.2) is 4.79 Å². The number of aromatic nitrogens is 1. The van der Waals surface area contributed by atoms with Gasteiger partial charge in [0.1, 0.15) is 11.7 Å². The number of rotatable bonds is 4. The molecule has 1 aromatic carbocycles. The Balaban J connectivity index is 2.31. The number of H-pyrrole nitrogens is 1. The molecule has 0 radical (unpaired) electrons. The number of carbonyl (C=O) groups excluding carboxylic acids is 1. The third-order valence-corrected chi connectivity index (χ3v) is 3.82. The van der Waals surface area contributed by atoms with Crippen LogP contribution in [-0.2, 0) is 11.3 Å². The first-order valence-electron chi connectivity index (χ1n) is 7.96. The molecule has 0 fully saturated rings. The average molecular weight is 408 g/mol. The molecule has 0 bridgehead atoms. The van der Waals surface area contributed by atoms with Crippen LogP contribution < -0.4 is 0 Å². The Labute approximate surface area is 155 Å². The molecule has 1 unspecified atom stereocenters. The lowest BCUT2D eigenvalue weighted by atomic mass is 10.1. The van der Waals surface area contributed by atoms with Crippen molar-refractivity contribution >= 4 is 32.9 Å². The van der Waals surface area contributed by atoms with Crippen molar-refractivity contribution in [1.82, 2.24) is 9.88 Å². The number of hydrogen-bond donors (Lipinski definition) is 2. The maximum Gasteiger partial charge on any atom is 0.410 e. The molecule has 1 amide bonds. The minimum atomic E-state index is -0.680. The van der Waals surface area contributed by atoms with Crippen molar-refractivity contribution in [2.24, 2.45) is 0 Å². The van der Waals surface area contributed by atoms with Crippen LogP contribution in [0.25, 0.3) is 10.9 Å². The number of halogens is 1. The number of fused-ring (bicyclic) bond motifs is 1. The van der Waals surface area contributed by atoms with Crippen LogP contribution in [0.1, 0.15) is 39.0 Å². The smallest absolute Gasteiger partial charge is 0.410 e. The second kappa shape index (κ2) is 7.46. The molecule has 1 aromatic heterocycles. The number of aliphatic hydroxyl groups excluding tert-OH is 1. The van der Waals surface area contributed by atoms with E-state index in [9.17, 15) is 15.2 Å². The zero-order valence-corrected chi connectivity index (χ0v) is 16.3. The van der Waals surface area contributed by atoms with Gasteiger partial charge in [0.15, 0.2) is 0 Å². The van der Waals surface area contributed by atoms with Gasteiger partial charge in [-0.2, -0.15) is 5.26 Å². The highest BCUT2D eigenvalue weighted by Crippen LogP contribution is 2.25. The molecular weight excluding hydrogens is 386 g/mol. The van der Waals surface area contributed by atoms with Crippen LogP contribution in [-0.4, -0.2) is 39.3 Å². The van der Waals surface area contributed by atoms with Gasteiger partial charge in [0.2, 0.25) is 0 Å². The summed E-state index contributed by atoms with van der Waals surface area (Å²) in [6.45, 7) is 7.41. The van der Waals surface area contributed by atoms with E-state index in [0.29, 0.717) is 5.56 Å². The molecule has 2 rings (SSSR count). The van der Waals surface area contributed by atoms with Crippen molar-refractivity contribution in [3.05, 3.63) is 33.9 Å². The normalized spacial score (nSPS) is 12.7. The van der Waals surface area contributed by atoms with Gasteiger partial charge in [-0.1, -0.05) is 15.9 Å². The summed E-state index contributed by atoms with van der Waals surface area (Å²) in [7, 11) is 0. The SMILES string of the molecule is CC(O)CN(Cc1cc2cc(Br)cc(C#N)c2[nH]1)C(=O)OC(C)(C)C. The molecule has 0 aliphatic carbocycles. The molecule has 134 valence electrons. The van der Waals surface area contributed by atoms with Gasteiger partial charge < -0.3 is 14.8 Å². The fourth-order valence-electron chi connectivity index (χ4n) is 2.49. The zero-order valence-electron chi connectivity index (χ0n) is 14.8. The Morgan fingerprint density at radius 2 is 2.12 bits per heavy atom.